The fourth-order valence-electron chi connectivity index (χ4n) is 3.31. The highest BCUT2D eigenvalue weighted by molar-refractivity contribution is 6.04. The van der Waals surface area contributed by atoms with Gasteiger partial charge in [0.05, 0.1) is 11.3 Å². The molecule has 4 rings (SSSR count). The lowest BCUT2D eigenvalue weighted by Crippen LogP contribution is -2.25. The third-order valence-electron chi connectivity index (χ3n) is 4.55. The van der Waals surface area contributed by atoms with Gasteiger partial charge in [-0.1, -0.05) is 0 Å². The zero-order chi connectivity index (χ0) is 20.4. The Labute approximate surface area is 167 Å². The van der Waals surface area contributed by atoms with Gasteiger partial charge in [-0.3, -0.25) is 24.3 Å². The predicted molar refractivity (Wildman–Crippen MR) is 109 cm³/mol. The number of hydrogen-bond acceptors (Lipinski definition) is 4. The van der Waals surface area contributed by atoms with Gasteiger partial charge in [0, 0.05) is 44.3 Å². The van der Waals surface area contributed by atoms with Crippen molar-refractivity contribution >= 4 is 17.4 Å². The molecule has 0 N–H and O–H groups in total. The largest absolute Gasteiger partial charge is 0.274 e. The van der Waals surface area contributed by atoms with Gasteiger partial charge in [-0.05, 0) is 54.1 Å². The third kappa shape index (κ3) is 3.50. The molecule has 29 heavy (non-hydrogen) atoms. The van der Waals surface area contributed by atoms with E-state index in [9.17, 15) is 9.18 Å². The average molecular weight is 387 g/mol. The van der Waals surface area contributed by atoms with Crippen molar-refractivity contribution in [1.29, 1.82) is 0 Å². The Bertz CT molecular complexity index is 1140. The molecule has 7 heteroatoms. The lowest BCUT2D eigenvalue weighted by Gasteiger charge is -2.22. The molecule has 0 fully saturated rings. The van der Waals surface area contributed by atoms with Gasteiger partial charge in [-0.25, -0.2) is 4.39 Å². The number of aromatic nitrogens is 4. The molecule has 4 aromatic rings. The Kier molecular flexibility index (Phi) is 4.87. The van der Waals surface area contributed by atoms with E-state index < -0.39 is 0 Å². The summed E-state index contributed by atoms with van der Waals surface area (Å²) in [6, 6.07) is 13.4. The normalized spacial score (nSPS) is 10.7. The first-order chi connectivity index (χ1) is 14.1. The average Bonchev–Trinajstić information content (AvgIpc) is 3.07. The van der Waals surface area contributed by atoms with E-state index in [1.54, 1.807) is 65.7 Å². The molecular weight excluding hydrogens is 369 g/mol. The van der Waals surface area contributed by atoms with Gasteiger partial charge in [-0.2, -0.15) is 5.10 Å². The van der Waals surface area contributed by atoms with Crippen LogP contribution in [0.15, 0.2) is 73.3 Å². The number of rotatable bonds is 4. The standard InChI is InChI=1S/C22H18FN5O/c1-15(29)28(19-9-13-25-14-10-19)22-20(16-7-11-24-12-8-16)21(26-27(22)2)17-3-5-18(23)6-4-17/h3-14H,1-2H3. The number of carbonyl (C=O) groups excluding carboxylic acids is 1. The zero-order valence-electron chi connectivity index (χ0n) is 16.0. The number of hydrogen-bond donors (Lipinski definition) is 0. The number of aryl methyl sites for hydroxylation is 1. The van der Waals surface area contributed by atoms with Gasteiger partial charge >= 0.3 is 0 Å². The minimum absolute atomic E-state index is 0.167. The molecule has 3 aromatic heterocycles. The Morgan fingerprint density at radius 3 is 2.07 bits per heavy atom. The van der Waals surface area contributed by atoms with Crippen molar-refractivity contribution in [1.82, 2.24) is 19.7 Å². The van der Waals surface area contributed by atoms with Gasteiger partial charge in [0.25, 0.3) is 0 Å². The molecule has 1 aromatic carbocycles. The molecule has 0 aliphatic heterocycles. The molecule has 0 spiro atoms. The summed E-state index contributed by atoms with van der Waals surface area (Å²) in [7, 11) is 1.78. The minimum atomic E-state index is -0.322. The van der Waals surface area contributed by atoms with Crippen molar-refractivity contribution in [3.63, 3.8) is 0 Å². The highest BCUT2D eigenvalue weighted by Crippen LogP contribution is 2.41. The molecule has 0 saturated heterocycles. The topological polar surface area (TPSA) is 63.9 Å². The quantitative estimate of drug-likeness (QED) is 0.522. The number of anilines is 2. The highest BCUT2D eigenvalue weighted by Gasteiger charge is 2.27. The number of halogens is 1. The van der Waals surface area contributed by atoms with Crippen LogP contribution in [0.4, 0.5) is 15.9 Å². The van der Waals surface area contributed by atoms with Crippen LogP contribution in [-0.2, 0) is 11.8 Å². The molecule has 0 saturated carbocycles. The van der Waals surface area contributed by atoms with Gasteiger partial charge in [0.1, 0.15) is 17.3 Å². The maximum Gasteiger partial charge on any atom is 0.229 e. The van der Waals surface area contributed by atoms with E-state index in [0.29, 0.717) is 17.2 Å². The molecule has 3 heterocycles. The molecule has 0 bridgehead atoms. The summed E-state index contributed by atoms with van der Waals surface area (Å²) < 4.78 is 15.1. The fourth-order valence-corrected chi connectivity index (χ4v) is 3.31. The summed E-state index contributed by atoms with van der Waals surface area (Å²) in [4.78, 5) is 22.4. The van der Waals surface area contributed by atoms with E-state index in [0.717, 1.165) is 16.7 Å². The summed E-state index contributed by atoms with van der Waals surface area (Å²) in [6.07, 6.45) is 6.64. The number of pyridine rings is 2. The Morgan fingerprint density at radius 1 is 0.897 bits per heavy atom. The first kappa shape index (κ1) is 18.5. The van der Waals surface area contributed by atoms with E-state index in [-0.39, 0.29) is 11.7 Å². The Morgan fingerprint density at radius 2 is 1.48 bits per heavy atom. The van der Waals surface area contributed by atoms with E-state index in [4.69, 9.17) is 0 Å². The minimum Gasteiger partial charge on any atom is -0.274 e. The maximum atomic E-state index is 13.5. The number of benzene rings is 1. The van der Waals surface area contributed by atoms with Crippen LogP contribution in [0.3, 0.4) is 0 Å². The Balaban J connectivity index is 2.01. The van der Waals surface area contributed by atoms with Crippen molar-refractivity contribution in [2.24, 2.45) is 7.05 Å². The molecule has 0 aliphatic rings. The molecule has 0 radical (unpaired) electrons. The SMILES string of the molecule is CC(=O)N(c1ccncc1)c1c(-c2ccncc2)c(-c2ccc(F)cc2)nn1C. The van der Waals surface area contributed by atoms with E-state index >= 15 is 0 Å². The molecule has 6 nitrogen and oxygen atoms in total. The first-order valence-electron chi connectivity index (χ1n) is 9.00. The summed E-state index contributed by atoms with van der Waals surface area (Å²) >= 11 is 0. The van der Waals surface area contributed by atoms with Crippen molar-refractivity contribution < 1.29 is 9.18 Å². The van der Waals surface area contributed by atoms with Crippen LogP contribution in [0.5, 0.6) is 0 Å². The molecular formula is C22H18FN5O. The first-order valence-corrected chi connectivity index (χ1v) is 9.00. The van der Waals surface area contributed by atoms with Crippen molar-refractivity contribution in [3.05, 3.63) is 79.1 Å². The van der Waals surface area contributed by atoms with Crippen molar-refractivity contribution in [2.45, 2.75) is 6.92 Å². The van der Waals surface area contributed by atoms with Crippen molar-refractivity contribution in [2.75, 3.05) is 4.90 Å². The summed E-state index contributed by atoms with van der Waals surface area (Å²) in [5, 5.41) is 4.68. The zero-order valence-corrected chi connectivity index (χ0v) is 16.0. The van der Waals surface area contributed by atoms with Crippen LogP contribution in [0.2, 0.25) is 0 Å². The molecule has 144 valence electrons. The van der Waals surface area contributed by atoms with E-state index in [2.05, 4.69) is 15.1 Å². The second kappa shape index (κ2) is 7.63. The van der Waals surface area contributed by atoms with Crippen LogP contribution in [0.1, 0.15) is 6.92 Å². The van der Waals surface area contributed by atoms with E-state index in [1.807, 2.05) is 12.1 Å². The van der Waals surface area contributed by atoms with Gasteiger partial charge in [0.2, 0.25) is 5.91 Å². The second-order valence-electron chi connectivity index (χ2n) is 6.47. The number of amides is 1. The lowest BCUT2D eigenvalue weighted by atomic mass is 10.0. The highest BCUT2D eigenvalue weighted by atomic mass is 19.1. The summed E-state index contributed by atoms with van der Waals surface area (Å²) in [6.45, 7) is 1.50. The number of carbonyl (C=O) groups is 1. The maximum absolute atomic E-state index is 13.5. The van der Waals surface area contributed by atoms with Crippen LogP contribution in [0, 0.1) is 5.82 Å². The molecule has 1 amide bonds. The Hall–Kier alpha value is -3.87. The molecule has 0 aliphatic carbocycles. The van der Waals surface area contributed by atoms with Gasteiger partial charge < -0.3 is 0 Å². The summed E-state index contributed by atoms with van der Waals surface area (Å²) in [5.74, 6) is 0.118. The molecule has 0 atom stereocenters. The monoisotopic (exact) mass is 387 g/mol. The smallest absolute Gasteiger partial charge is 0.229 e. The van der Waals surface area contributed by atoms with E-state index in [1.165, 1.54) is 19.1 Å². The fraction of sp³-hybridized carbons (Fsp3) is 0.0909. The summed E-state index contributed by atoms with van der Waals surface area (Å²) in [5.41, 5.74) is 3.68. The second-order valence-corrected chi connectivity index (χ2v) is 6.47. The lowest BCUT2D eigenvalue weighted by molar-refractivity contribution is -0.115. The predicted octanol–water partition coefficient (Wildman–Crippen LogP) is 4.37. The van der Waals surface area contributed by atoms with Crippen molar-refractivity contribution in [3.8, 4) is 22.4 Å². The third-order valence-corrected chi connectivity index (χ3v) is 4.55. The van der Waals surface area contributed by atoms with Gasteiger partial charge in [0.15, 0.2) is 0 Å². The van der Waals surface area contributed by atoms with Crippen LogP contribution >= 0.6 is 0 Å². The van der Waals surface area contributed by atoms with Crippen LogP contribution < -0.4 is 4.90 Å². The molecule has 0 unspecified atom stereocenters. The van der Waals surface area contributed by atoms with Gasteiger partial charge in [-0.15, -0.1) is 0 Å². The van der Waals surface area contributed by atoms with Crippen LogP contribution in [-0.4, -0.2) is 25.7 Å². The van der Waals surface area contributed by atoms with Crippen LogP contribution in [0.25, 0.3) is 22.4 Å². The number of nitrogens with zero attached hydrogens (tertiary/aromatic N) is 5.